The van der Waals surface area contributed by atoms with E-state index in [9.17, 15) is 10.1 Å². The third kappa shape index (κ3) is 2.95. The molecule has 0 spiro atoms. The second kappa shape index (κ2) is 6.34. The molecular formula is C16H18N6O3. The van der Waals surface area contributed by atoms with Gasteiger partial charge in [0.1, 0.15) is 0 Å². The molecule has 2 N–H and O–H groups in total. The van der Waals surface area contributed by atoms with Crippen molar-refractivity contribution in [2.45, 2.75) is 33.2 Å². The van der Waals surface area contributed by atoms with Crippen molar-refractivity contribution >= 4 is 11.5 Å². The van der Waals surface area contributed by atoms with Crippen LogP contribution in [0.25, 0.3) is 11.4 Å². The summed E-state index contributed by atoms with van der Waals surface area (Å²) in [4.78, 5) is 14.9. The molecule has 130 valence electrons. The van der Waals surface area contributed by atoms with Crippen molar-refractivity contribution < 1.29 is 9.45 Å². The fourth-order valence-electron chi connectivity index (χ4n) is 2.70. The van der Waals surface area contributed by atoms with Crippen LogP contribution in [0.15, 0.2) is 28.8 Å². The van der Waals surface area contributed by atoms with Gasteiger partial charge in [-0.05, 0) is 36.8 Å². The summed E-state index contributed by atoms with van der Waals surface area (Å²) in [6.45, 7) is 5.56. The summed E-state index contributed by atoms with van der Waals surface area (Å²) in [5, 5.41) is 19.0. The molecule has 0 bridgehead atoms. The molecule has 1 aromatic carbocycles. The van der Waals surface area contributed by atoms with Crippen LogP contribution in [-0.4, -0.2) is 24.8 Å². The smallest absolute Gasteiger partial charge is 0.390 e. The second-order valence-corrected chi connectivity index (χ2v) is 5.75. The Morgan fingerprint density at radius 2 is 2.16 bits per heavy atom. The summed E-state index contributed by atoms with van der Waals surface area (Å²) in [6.07, 6.45) is 0.594. The normalized spacial score (nSPS) is 12.3. The molecule has 0 amide bonds. The van der Waals surface area contributed by atoms with Crippen LogP contribution in [0, 0.1) is 24.0 Å². The van der Waals surface area contributed by atoms with Gasteiger partial charge in [0.15, 0.2) is 6.04 Å². The maximum absolute atomic E-state index is 10.9. The molecule has 1 atom stereocenters. The van der Waals surface area contributed by atoms with Gasteiger partial charge in [0, 0.05) is 11.3 Å². The predicted octanol–water partition coefficient (Wildman–Crippen LogP) is 3.04. The Morgan fingerprint density at radius 1 is 1.40 bits per heavy atom. The number of anilines is 1. The highest BCUT2D eigenvalue weighted by Crippen LogP contribution is 2.28. The van der Waals surface area contributed by atoms with Gasteiger partial charge in [-0.2, -0.15) is 9.67 Å². The maximum Gasteiger partial charge on any atom is 0.390 e. The maximum atomic E-state index is 10.9. The van der Waals surface area contributed by atoms with Crippen LogP contribution in [0.5, 0.6) is 0 Å². The van der Waals surface area contributed by atoms with Gasteiger partial charge < -0.3 is 20.4 Å². The molecule has 2 heterocycles. The number of benzene rings is 1. The Kier molecular flexibility index (Phi) is 4.22. The van der Waals surface area contributed by atoms with Crippen molar-refractivity contribution in [2.24, 2.45) is 0 Å². The first-order chi connectivity index (χ1) is 11.9. The van der Waals surface area contributed by atoms with Crippen LogP contribution >= 0.6 is 0 Å². The van der Waals surface area contributed by atoms with Crippen molar-refractivity contribution in [3.8, 4) is 11.4 Å². The van der Waals surface area contributed by atoms with Crippen molar-refractivity contribution in [1.29, 1.82) is 0 Å². The quantitative estimate of drug-likeness (QED) is 0.429. The number of hydrogen-bond acceptors (Lipinski definition) is 7. The summed E-state index contributed by atoms with van der Waals surface area (Å²) in [6, 6.07) is 6.54. The Hall–Kier alpha value is -3.23. The topological polar surface area (TPSA) is 126 Å². The van der Waals surface area contributed by atoms with E-state index in [4.69, 9.17) is 10.3 Å². The molecule has 0 radical (unpaired) electrons. The van der Waals surface area contributed by atoms with E-state index in [1.807, 2.05) is 26.0 Å². The Balaban J connectivity index is 2.00. The van der Waals surface area contributed by atoms with Crippen LogP contribution in [0.1, 0.15) is 36.5 Å². The van der Waals surface area contributed by atoms with E-state index in [0.29, 0.717) is 29.5 Å². The van der Waals surface area contributed by atoms with Gasteiger partial charge in [0.25, 0.3) is 5.89 Å². The molecule has 0 aliphatic carbocycles. The molecule has 0 fully saturated rings. The molecule has 0 aliphatic heterocycles. The molecule has 0 saturated carbocycles. The summed E-state index contributed by atoms with van der Waals surface area (Å²) in [7, 11) is 0. The number of aromatic nitrogens is 4. The first kappa shape index (κ1) is 16.6. The standard InChI is InChI=1S/C16H18N6O3/c1-4-13(21-9(2)8-14(19-21)22(23)24)16-18-15(20-25-16)11-6-5-7-12(17)10(11)3/h5-8,13H,4,17H2,1-3H3. The monoisotopic (exact) mass is 342 g/mol. The van der Waals surface area contributed by atoms with Gasteiger partial charge in [-0.15, -0.1) is 0 Å². The zero-order valence-electron chi connectivity index (χ0n) is 14.1. The average molecular weight is 342 g/mol. The molecule has 3 aromatic rings. The van der Waals surface area contributed by atoms with E-state index in [-0.39, 0.29) is 11.9 Å². The Morgan fingerprint density at radius 3 is 2.80 bits per heavy atom. The number of nitrogens with two attached hydrogens (primary N) is 1. The first-order valence-electron chi connectivity index (χ1n) is 7.82. The van der Waals surface area contributed by atoms with Crippen molar-refractivity contribution in [3.63, 3.8) is 0 Å². The lowest BCUT2D eigenvalue weighted by Gasteiger charge is -2.08. The molecule has 25 heavy (non-hydrogen) atoms. The lowest BCUT2D eigenvalue weighted by molar-refractivity contribution is -0.389. The van der Waals surface area contributed by atoms with Gasteiger partial charge in [-0.3, -0.25) is 0 Å². The second-order valence-electron chi connectivity index (χ2n) is 5.75. The molecule has 1 unspecified atom stereocenters. The third-order valence-electron chi connectivity index (χ3n) is 4.12. The summed E-state index contributed by atoms with van der Waals surface area (Å²) in [5.41, 5.74) is 8.88. The first-order valence-corrected chi connectivity index (χ1v) is 7.82. The minimum Gasteiger partial charge on any atom is -0.398 e. The average Bonchev–Trinajstić information content (AvgIpc) is 3.19. The number of nitrogen functional groups attached to an aromatic ring is 1. The van der Waals surface area contributed by atoms with Crippen molar-refractivity contribution in [1.82, 2.24) is 19.9 Å². The highest BCUT2D eigenvalue weighted by atomic mass is 16.6. The van der Waals surface area contributed by atoms with Crippen LogP contribution in [0.2, 0.25) is 0 Å². The largest absolute Gasteiger partial charge is 0.398 e. The van der Waals surface area contributed by atoms with Gasteiger partial charge in [-0.1, -0.05) is 24.2 Å². The lowest BCUT2D eigenvalue weighted by Crippen LogP contribution is -2.13. The molecule has 2 aromatic heterocycles. The van der Waals surface area contributed by atoms with E-state index in [2.05, 4.69) is 15.2 Å². The van der Waals surface area contributed by atoms with Crippen LogP contribution in [0.3, 0.4) is 0 Å². The lowest BCUT2D eigenvalue weighted by atomic mass is 10.1. The zero-order valence-corrected chi connectivity index (χ0v) is 14.1. The number of nitro groups is 1. The van der Waals surface area contributed by atoms with Gasteiger partial charge in [0.05, 0.1) is 16.9 Å². The summed E-state index contributed by atoms with van der Waals surface area (Å²) in [5.74, 6) is 0.570. The minimum atomic E-state index is -0.522. The van der Waals surface area contributed by atoms with Crippen LogP contribution < -0.4 is 5.73 Å². The molecule has 0 aliphatic rings. The van der Waals surface area contributed by atoms with E-state index in [1.54, 1.807) is 17.7 Å². The van der Waals surface area contributed by atoms with Gasteiger partial charge in [0.2, 0.25) is 5.82 Å². The summed E-state index contributed by atoms with van der Waals surface area (Å²) >= 11 is 0. The fraction of sp³-hybridized carbons (Fsp3) is 0.312. The number of nitrogens with zero attached hydrogens (tertiary/aromatic N) is 5. The number of hydrogen-bond donors (Lipinski definition) is 1. The number of aryl methyl sites for hydroxylation is 1. The summed E-state index contributed by atoms with van der Waals surface area (Å²) < 4.78 is 6.96. The SMILES string of the molecule is CCC(c1nc(-c2cccc(N)c2C)no1)n1nc([N+](=O)[O-])cc1C. The molecule has 9 heteroatoms. The Labute approximate surface area is 143 Å². The Bertz CT molecular complexity index is 930. The molecule has 9 nitrogen and oxygen atoms in total. The van der Waals surface area contributed by atoms with Crippen LogP contribution in [-0.2, 0) is 0 Å². The van der Waals surface area contributed by atoms with Crippen LogP contribution in [0.4, 0.5) is 11.5 Å². The molecular weight excluding hydrogens is 324 g/mol. The predicted molar refractivity (Wildman–Crippen MR) is 90.9 cm³/mol. The minimum absolute atomic E-state index is 0.206. The molecule has 3 rings (SSSR count). The van der Waals surface area contributed by atoms with E-state index in [1.165, 1.54) is 6.07 Å². The highest BCUT2D eigenvalue weighted by molar-refractivity contribution is 5.67. The van der Waals surface area contributed by atoms with E-state index in [0.717, 1.165) is 11.1 Å². The number of rotatable bonds is 5. The fourth-order valence-corrected chi connectivity index (χ4v) is 2.70. The van der Waals surface area contributed by atoms with Gasteiger partial charge in [-0.25, -0.2) is 0 Å². The van der Waals surface area contributed by atoms with Crippen molar-refractivity contribution in [3.05, 3.63) is 51.5 Å². The van der Waals surface area contributed by atoms with E-state index >= 15 is 0 Å². The van der Waals surface area contributed by atoms with Gasteiger partial charge >= 0.3 is 5.82 Å². The van der Waals surface area contributed by atoms with E-state index < -0.39 is 4.92 Å². The third-order valence-corrected chi connectivity index (χ3v) is 4.12. The molecule has 0 saturated heterocycles. The highest BCUT2D eigenvalue weighted by Gasteiger charge is 2.27. The zero-order chi connectivity index (χ0) is 18.1. The van der Waals surface area contributed by atoms with Crippen molar-refractivity contribution in [2.75, 3.05) is 5.73 Å².